The highest BCUT2D eigenvalue weighted by atomic mass is 16.5. The van der Waals surface area contributed by atoms with Gasteiger partial charge in [0.15, 0.2) is 0 Å². The molecule has 2 N–H and O–H groups in total. The molecule has 2 rings (SSSR count). The number of carbonyl (C=O) groups is 2. The van der Waals surface area contributed by atoms with E-state index in [1.165, 1.54) is 17.1 Å². The maximum absolute atomic E-state index is 11.4. The van der Waals surface area contributed by atoms with Crippen molar-refractivity contribution in [3.63, 3.8) is 0 Å². The van der Waals surface area contributed by atoms with Crippen molar-refractivity contribution in [2.45, 2.75) is 31.5 Å². The fourth-order valence-corrected chi connectivity index (χ4v) is 2.07. The average molecular weight is 210 g/mol. The highest BCUT2D eigenvalue weighted by Gasteiger charge is 2.47. The van der Waals surface area contributed by atoms with Crippen molar-refractivity contribution in [1.82, 2.24) is 4.90 Å². The normalized spacial score (nSPS) is 34.8. The van der Waals surface area contributed by atoms with Gasteiger partial charge in [-0.1, -0.05) is 0 Å². The summed E-state index contributed by atoms with van der Waals surface area (Å²) >= 11 is 0. The van der Waals surface area contributed by atoms with Gasteiger partial charge in [-0.2, -0.15) is 0 Å². The van der Waals surface area contributed by atoms with Gasteiger partial charge >= 0.3 is 0 Å². The highest BCUT2D eigenvalue weighted by Crippen LogP contribution is 2.29. The first-order valence-corrected chi connectivity index (χ1v) is 5.07. The summed E-state index contributed by atoms with van der Waals surface area (Å²) < 4.78 is 5.42. The maximum Gasteiger partial charge on any atom is 0.254 e. The summed E-state index contributed by atoms with van der Waals surface area (Å²) in [5.41, 5.74) is 5.79. The zero-order valence-corrected chi connectivity index (χ0v) is 8.55. The van der Waals surface area contributed by atoms with Gasteiger partial charge in [-0.15, -0.1) is 0 Å². The van der Waals surface area contributed by atoms with Gasteiger partial charge < -0.3 is 10.5 Å². The number of rotatable bonds is 3. The molecule has 0 saturated heterocycles. The SMILES string of the molecule is CCOC1CC(N)C1N1C(=O)C=CC1=O. The van der Waals surface area contributed by atoms with Crippen molar-refractivity contribution in [3.05, 3.63) is 12.2 Å². The Hall–Kier alpha value is -1.20. The van der Waals surface area contributed by atoms with Crippen LogP contribution in [0.1, 0.15) is 13.3 Å². The molecule has 1 saturated carbocycles. The van der Waals surface area contributed by atoms with Crippen LogP contribution in [-0.2, 0) is 14.3 Å². The Kier molecular flexibility index (Phi) is 2.58. The van der Waals surface area contributed by atoms with Gasteiger partial charge in [0.25, 0.3) is 11.8 Å². The lowest BCUT2D eigenvalue weighted by Crippen LogP contribution is -2.66. The van der Waals surface area contributed by atoms with Crippen LogP contribution in [0.5, 0.6) is 0 Å². The molecule has 0 aromatic carbocycles. The number of nitrogens with two attached hydrogens (primary N) is 1. The van der Waals surface area contributed by atoms with Crippen molar-refractivity contribution in [3.8, 4) is 0 Å². The molecule has 0 bridgehead atoms. The molecule has 1 aliphatic carbocycles. The summed E-state index contributed by atoms with van der Waals surface area (Å²) in [6.45, 7) is 2.45. The first-order chi connectivity index (χ1) is 7.15. The van der Waals surface area contributed by atoms with E-state index in [1.807, 2.05) is 6.92 Å². The highest BCUT2D eigenvalue weighted by molar-refractivity contribution is 6.13. The van der Waals surface area contributed by atoms with Crippen LogP contribution in [0, 0.1) is 0 Å². The van der Waals surface area contributed by atoms with E-state index in [1.54, 1.807) is 0 Å². The van der Waals surface area contributed by atoms with Crippen molar-refractivity contribution < 1.29 is 14.3 Å². The topological polar surface area (TPSA) is 72.6 Å². The molecular formula is C10H14N2O3. The molecule has 3 unspecified atom stereocenters. The summed E-state index contributed by atoms with van der Waals surface area (Å²) in [6.07, 6.45) is 3.15. The smallest absolute Gasteiger partial charge is 0.254 e. The van der Waals surface area contributed by atoms with Crippen LogP contribution in [0.3, 0.4) is 0 Å². The quantitative estimate of drug-likeness (QED) is 0.632. The average Bonchev–Trinajstić information content (AvgIpc) is 2.49. The lowest BCUT2D eigenvalue weighted by atomic mass is 9.82. The molecule has 1 heterocycles. The predicted molar refractivity (Wildman–Crippen MR) is 52.8 cm³/mol. The Balaban J connectivity index is 2.09. The van der Waals surface area contributed by atoms with Gasteiger partial charge in [0, 0.05) is 24.8 Å². The Morgan fingerprint density at radius 1 is 1.47 bits per heavy atom. The van der Waals surface area contributed by atoms with Crippen LogP contribution in [0.2, 0.25) is 0 Å². The number of ether oxygens (including phenoxy) is 1. The number of hydrogen-bond donors (Lipinski definition) is 1. The van der Waals surface area contributed by atoms with Crippen molar-refractivity contribution in [2.75, 3.05) is 6.61 Å². The minimum atomic E-state index is -0.292. The van der Waals surface area contributed by atoms with Crippen molar-refractivity contribution in [2.24, 2.45) is 5.73 Å². The molecule has 0 aromatic rings. The number of amides is 2. The van der Waals surface area contributed by atoms with E-state index >= 15 is 0 Å². The molecule has 5 nitrogen and oxygen atoms in total. The molecule has 82 valence electrons. The standard InChI is InChI=1S/C10H14N2O3/c1-2-15-7-5-6(11)10(7)12-8(13)3-4-9(12)14/h3-4,6-7,10H,2,5,11H2,1H3. The molecule has 5 heteroatoms. The summed E-state index contributed by atoms with van der Waals surface area (Å²) in [5.74, 6) is -0.574. The van der Waals surface area contributed by atoms with Gasteiger partial charge in [-0.25, -0.2) is 0 Å². The van der Waals surface area contributed by atoms with E-state index in [-0.39, 0.29) is 30.0 Å². The van der Waals surface area contributed by atoms with E-state index in [9.17, 15) is 9.59 Å². The van der Waals surface area contributed by atoms with Crippen LogP contribution < -0.4 is 5.73 Å². The van der Waals surface area contributed by atoms with Crippen LogP contribution in [0.15, 0.2) is 12.2 Å². The first kappa shape index (κ1) is 10.3. The van der Waals surface area contributed by atoms with Crippen molar-refractivity contribution in [1.29, 1.82) is 0 Å². The third kappa shape index (κ3) is 1.57. The molecule has 2 aliphatic rings. The first-order valence-electron chi connectivity index (χ1n) is 5.07. The second kappa shape index (κ2) is 3.75. The number of nitrogens with zero attached hydrogens (tertiary/aromatic N) is 1. The predicted octanol–water partition coefficient (Wildman–Crippen LogP) is -0.584. The maximum atomic E-state index is 11.4. The van der Waals surface area contributed by atoms with Crippen LogP contribution in [0.25, 0.3) is 0 Å². The largest absolute Gasteiger partial charge is 0.376 e. The van der Waals surface area contributed by atoms with Crippen LogP contribution in [-0.4, -0.2) is 41.5 Å². The van der Waals surface area contributed by atoms with Gasteiger partial charge in [-0.3, -0.25) is 14.5 Å². The van der Waals surface area contributed by atoms with E-state index in [2.05, 4.69) is 0 Å². The molecule has 0 aromatic heterocycles. The summed E-state index contributed by atoms with van der Waals surface area (Å²) in [6, 6.07) is -0.450. The van der Waals surface area contributed by atoms with Gasteiger partial charge in [-0.05, 0) is 13.3 Å². The molecule has 3 atom stereocenters. The minimum absolute atomic E-state index is 0.0993. The number of hydrogen-bond acceptors (Lipinski definition) is 4. The fourth-order valence-electron chi connectivity index (χ4n) is 2.07. The number of imide groups is 1. The van der Waals surface area contributed by atoms with Gasteiger partial charge in [0.05, 0.1) is 12.1 Å². The van der Waals surface area contributed by atoms with E-state index < -0.39 is 0 Å². The Morgan fingerprint density at radius 2 is 2.07 bits per heavy atom. The second-order valence-electron chi connectivity index (χ2n) is 3.76. The Bertz CT molecular complexity index is 307. The molecule has 2 amide bonds. The minimum Gasteiger partial charge on any atom is -0.376 e. The van der Waals surface area contributed by atoms with E-state index in [4.69, 9.17) is 10.5 Å². The van der Waals surface area contributed by atoms with Crippen molar-refractivity contribution >= 4 is 11.8 Å². The van der Waals surface area contributed by atoms with Crippen LogP contribution in [0.4, 0.5) is 0 Å². The Morgan fingerprint density at radius 3 is 2.53 bits per heavy atom. The monoisotopic (exact) mass is 210 g/mol. The molecular weight excluding hydrogens is 196 g/mol. The molecule has 0 radical (unpaired) electrons. The Labute approximate surface area is 87.9 Å². The molecule has 1 fully saturated rings. The molecule has 1 aliphatic heterocycles. The van der Waals surface area contributed by atoms with E-state index in [0.29, 0.717) is 13.0 Å². The summed E-state index contributed by atoms with van der Waals surface area (Å²) in [7, 11) is 0. The third-order valence-electron chi connectivity index (χ3n) is 2.85. The third-order valence-corrected chi connectivity index (χ3v) is 2.85. The second-order valence-corrected chi connectivity index (χ2v) is 3.76. The van der Waals surface area contributed by atoms with Gasteiger partial charge in [0.2, 0.25) is 0 Å². The summed E-state index contributed by atoms with van der Waals surface area (Å²) in [5, 5.41) is 0. The zero-order chi connectivity index (χ0) is 11.0. The van der Waals surface area contributed by atoms with Crippen LogP contribution >= 0.6 is 0 Å². The zero-order valence-electron chi connectivity index (χ0n) is 8.55. The van der Waals surface area contributed by atoms with Gasteiger partial charge in [0.1, 0.15) is 0 Å². The molecule has 0 spiro atoms. The fraction of sp³-hybridized carbons (Fsp3) is 0.600. The lowest BCUT2D eigenvalue weighted by Gasteiger charge is -2.45. The van der Waals surface area contributed by atoms with E-state index in [0.717, 1.165) is 0 Å². The molecule has 15 heavy (non-hydrogen) atoms. The lowest BCUT2D eigenvalue weighted by molar-refractivity contribution is -0.151. The number of carbonyl (C=O) groups excluding carboxylic acids is 2. The summed E-state index contributed by atoms with van der Waals surface area (Å²) in [4.78, 5) is 24.0.